The normalized spacial score (nSPS) is 21.3. The lowest BCUT2D eigenvalue weighted by Gasteiger charge is -2.21. The summed E-state index contributed by atoms with van der Waals surface area (Å²) in [5.41, 5.74) is 1.14. The Labute approximate surface area is 125 Å². The van der Waals surface area contributed by atoms with Crippen LogP contribution in [0.25, 0.3) is 0 Å². The molecule has 1 saturated heterocycles. The van der Waals surface area contributed by atoms with Gasteiger partial charge in [0.05, 0.1) is 5.41 Å². The minimum absolute atomic E-state index is 0.0173. The molecule has 0 bridgehead atoms. The standard InChI is InChI=1S/C16H23N3O2/c1-11(2)14(20)18-12-4-6-13(7-5-12)19-15(21)16(3)8-9-17-10-16/h4-7,11,17H,8-10H2,1-3H3,(H,18,20)(H,19,21). The third-order valence-electron chi connectivity index (χ3n) is 3.85. The number of nitrogens with one attached hydrogen (secondary N) is 3. The van der Waals surface area contributed by atoms with Crippen LogP contribution >= 0.6 is 0 Å². The van der Waals surface area contributed by atoms with E-state index in [1.807, 2.05) is 20.8 Å². The predicted molar refractivity (Wildman–Crippen MR) is 84.1 cm³/mol. The van der Waals surface area contributed by atoms with Crippen molar-refractivity contribution in [3.63, 3.8) is 0 Å². The van der Waals surface area contributed by atoms with Crippen LogP contribution < -0.4 is 16.0 Å². The van der Waals surface area contributed by atoms with Gasteiger partial charge in [-0.1, -0.05) is 13.8 Å². The van der Waals surface area contributed by atoms with E-state index in [1.165, 1.54) is 0 Å². The number of rotatable bonds is 4. The Hall–Kier alpha value is -1.88. The second-order valence-electron chi connectivity index (χ2n) is 6.16. The molecule has 0 aliphatic carbocycles. The van der Waals surface area contributed by atoms with Gasteiger partial charge in [0.25, 0.3) is 0 Å². The predicted octanol–water partition coefficient (Wildman–Crippen LogP) is 2.22. The Morgan fingerprint density at radius 3 is 2.19 bits per heavy atom. The van der Waals surface area contributed by atoms with E-state index in [2.05, 4.69) is 16.0 Å². The molecule has 1 heterocycles. The van der Waals surface area contributed by atoms with Crippen LogP contribution in [-0.4, -0.2) is 24.9 Å². The fourth-order valence-electron chi connectivity index (χ4n) is 2.22. The average molecular weight is 289 g/mol. The first-order valence-electron chi connectivity index (χ1n) is 7.34. The van der Waals surface area contributed by atoms with Gasteiger partial charge in [-0.25, -0.2) is 0 Å². The van der Waals surface area contributed by atoms with Gasteiger partial charge in [-0.05, 0) is 44.2 Å². The molecule has 1 atom stereocenters. The van der Waals surface area contributed by atoms with E-state index in [0.29, 0.717) is 6.54 Å². The first kappa shape index (κ1) is 15.5. The first-order valence-corrected chi connectivity index (χ1v) is 7.34. The van der Waals surface area contributed by atoms with Crippen molar-refractivity contribution in [1.29, 1.82) is 0 Å². The molecular weight excluding hydrogens is 266 g/mol. The quantitative estimate of drug-likeness (QED) is 0.796. The molecular formula is C16H23N3O2. The molecule has 1 aromatic rings. The summed E-state index contributed by atoms with van der Waals surface area (Å²) in [6.45, 7) is 7.26. The van der Waals surface area contributed by atoms with E-state index >= 15 is 0 Å². The van der Waals surface area contributed by atoms with Crippen LogP contribution in [0.15, 0.2) is 24.3 Å². The average Bonchev–Trinajstić information content (AvgIpc) is 2.89. The summed E-state index contributed by atoms with van der Waals surface area (Å²) in [4.78, 5) is 23.9. The van der Waals surface area contributed by atoms with Crippen LogP contribution in [-0.2, 0) is 9.59 Å². The summed E-state index contributed by atoms with van der Waals surface area (Å²) in [6, 6.07) is 7.20. The van der Waals surface area contributed by atoms with E-state index in [0.717, 1.165) is 24.3 Å². The van der Waals surface area contributed by atoms with Crippen molar-refractivity contribution in [2.24, 2.45) is 11.3 Å². The zero-order valence-electron chi connectivity index (χ0n) is 12.8. The smallest absolute Gasteiger partial charge is 0.231 e. The van der Waals surface area contributed by atoms with Crippen LogP contribution in [0.4, 0.5) is 11.4 Å². The highest BCUT2D eigenvalue weighted by Crippen LogP contribution is 2.26. The molecule has 0 spiro atoms. The van der Waals surface area contributed by atoms with Gasteiger partial charge in [0, 0.05) is 23.8 Å². The second kappa shape index (κ2) is 6.26. The minimum atomic E-state index is -0.343. The molecule has 5 heteroatoms. The van der Waals surface area contributed by atoms with E-state index < -0.39 is 0 Å². The summed E-state index contributed by atoms with van der Waals surface area (Å²) in [7, 11) is 0. The van der Waals surface area contributed by atoms with Crippen LogP contribution in [0, 0.1) is 11.3 Å². The summed E-state index contributed by atoms with van der Waals surface area (Å²) in [5.74, 6) is -0.0398. The number of anilines is 2. The molecule has 2 rings (SSSR count). The Kier molecular flexibility index (Phi) is 4.63. The third kappa shape index (κ3) is 3.82. The molecule has 1 fully saturated rings. The zero-order valence-corrected chi connectivity index (χ0v) is 12.8. The Balaban J connectivity index is 1.96. The van der Waals surface area contributed by atoms with Crippen molar-refractivity contribution in [2.75, 3.05) is 23.7 Å². The van der Waals surface area contributed by atoms with Gasteiger partial charge in [0.15, 0.2) is 0 Å². The highest BCUT2D eigenvalue weighted by atomic mass is 16.2. The van der Waals surface area contributed by atoms with Gasteiger partial charge in [-0.2, -0.15) is 0 Å². The molecule has 21 heavy (non-hydrogen) atoms. The maximum Gasteiger partial charge on any atom is 0.231 e. The number of hydrogen-bond donors (Lipinski definition) is 3. The molecule has 1 unspecified atom stereocenters. The Morgan fingerprint density at radius 1 is 1.14 bits per heavy atom. The van der Waals surface area contributed by atoms with Gasteiger partial charge >= 0.3 is 0 Å². The molecule has 0 saturated carbocycles. The van der Waals surface area contributed by atoms with Gasteiger partial charge in [-0.3, -0.25) is 9.59 Å². The number of carbonyl (C=O) groups excluding carboxylic acids is 2. The maximum absolute atomic E-state index is 12.3. The van der Waals surface area contributed by atoms with Crippen molar-refractivity contribution in [2.45, 2.75) is 27.2 Å². The lowest BCUT2D eigenvalue weighted by molar-refractivity contribution is -0.123. The molecule has 0 radical (unpaired) electrons. The Bertz CT molecular complexity index is 517. The van der Waals surface area contributed by atoms with Gasteiger partial charge < -0.3 is 16.0 Å². The van der Waals surface area contributed by atoms with Crippen LogP contribution in [0.5, 0.6) is 0 Å². The van der Waals surface area contributed by atoms with Crippen molar-refractivity contribution in [1.82, 2.24) is 5.32 Å². The van der Waals surface area contributed by atoms with E-state index in [4.69, 9.17) is 0 Å². The molecule has 2 amide bonds. The second-order valence-corrected chi connectivity index (χ2v) is 6.16. The molecule has 1 aromatic carbocycles. The van der Waals surface area contributed by atoms with Crippen molar-refractivity contribution in [3.8, 4) is 0 Å². The third-order valence-corrected chi connectivity index (χ3v) is 3.85. The van der Waals surface area contributed by atoms with Crippen molar-refractivity contribution >= 4 is 23.2 Å². The highest BCUT2D eigenvalue weighted by molar-refractivity contribution is 5.96. The molecule has 1 aliphatic rings. The number of amides is 2. The SMILES string of the molecule is CC(C)C(=O)Nc1ccc(NC(=O)C2(C)CCNC2)cc1. The monoisotopic (exact) mass is 289 g/mol. The summed E-state index contributed by atoms with van der Waals surface area (Å²) in [5, 5.41) is 8.97. The molecule has 3 N–H and O–H groups in total. The van der Waals surface area contributed by atoms with Crippen molar-refractivity contribution in [3.05, 3.63) is 24.3 Å². The van der Waals surface area contributed by atoms with Crippen molar-refractivity contribution < 1.29 is 9.59 Å². The zero-order chi connectivity index (χ0) is 15.5. The largest absolute Gasteiger partial charge is 0.326 e. The number of benzene rings is 1. The Morgan fingerprint density at radius 2 is 1.71 bits per heavy atom. The minimum Gasteiger partial charge on any atom is -0.326 e. The van der Waals surface area contributed by atoms with Crippen LogP contribution in [0.1, 0.15) is 27.2 Å². The highest BCUT2D eigenvalue weighted by Gasteiger charge is 2.36. The fraction of sp³-hybridized carbons (Fsp3) is 0.500. The van der Waals surface area contributed by atoms with E-state index in [9.17, 15) is 9.59 Å². The molecule has 5 nitrogen and oxygen atoms in total. The van der Waals surface area contributed by atoms with Gasteiger partial charge in [-0.15, -0.1) is 0 Å². The van der Waals surface area contributed by atoms with E-state index in [-0.39, 0.29) is 23.1 Å². The first-order chi connectivity index (χ1) is 9.90. The molecule has 114 valence electrons. The van der Waals surface area contributed by atoms with Crippen LogP contribution in [0.2, 0.25) is 0 Å². The summed E-state index contributed by atoms with van der Waals surface area (Å²) >= 11 is 0. The molecule has 1 aliphatic heterocycles. The van der Waals surface area contributed by atoms with Crippen LogP contribution in [0.3, 0.4) is 0 Å². The van der Waals surface area contributed by atoms with E-state index in [1.54, 1.807) is 24.3 Å². The summed E-state index contributed by atoms with van der Waals surface area (Å²) in [6.07, 6.45) is 0.849. The molecule has 0 aromatic heterocycles. The fourth-order valence-corrected chi connectivity index (χ4v) is 2.22. The lowest BCUT2D eigenvalue weighted by Crippen LogP contribution is -2.35. The lowest BCUT2D eigenvalue weighted by atomic mass is 9.89. The topological polar surface area (TPSA) is 70.2 Å². The maximum atomic E-state index is 12.3. The van der Waals surface area contributed by atoms with Gasteiger partial charge in [0.1, 0.15) is 0 Å². The number of hydrogen-bond acceptors (Lipinski definition) is 3. The number of carbonyl (C=O) groups is 2. The summed E-state index contributed by atoms with van der Waals surface area (Å²) < 4.78 is 0. The van der Waals surface area contributed by atoms with Gasteiger partial charge in [0.2, 0.25) is 11.8 Å².